The zero-order valence-corrected chi connectivity index (χ0v) is 30.4. The van der Waals surface area contributed by atoms with E-state index in [1.807, 2.05) is 89.6 Å². The van der Waals surface area contributed by atoms with Gasteiger partial charge in [0.25, 0.3) is 5.91 Å². The minimum Gasteiger partial charge on any atom is -0.484 e. The largest absolute Gasteiger partial charge is 0.484 e. The van der Waals surface area contributed by atoms with Gasteiger partial charge in [0.05, 0.1) is 12.0 Å². The highest BCUT2D eigenvalue weighted by molar-refractivity contribution is 7.10. The molecule has 2 aliphatic heterocycles. The fourth-order valence-corrected chi connectivity index (χ4v) is 7.69. The standard InChI is InChI=1S/C41H39N3O7S2/c45-37-22-30(41(49)50)20-26-12-16-31(17-13-26)51-25-38(46)42-36(24-33-9-5-19-53-33)40(48)44-35(39(47)43-34(37)23-32-8-4-18-52-32)21-27-10-14-29(15-11-27)28-6-2-1-3-7-28/h1-19,30,34-36H,20-25H2,(H,42,46)(H,43,47)(H,44,48)(H,49,50)/t30-,34-,35+,36-/m1/s1. The average Bonchev–Trinajstić information content (AvgIpc) is 3.88. The number of hydrogen-bond acceptors (Lipinski definition) is 8. The molecule has 0 saturated heterocycles. The van der Waals surface area contributed by atoms with E-state index in [0.717, 1.165) is 26.4 Å². The van der Waals surface area contributed by atoms with E-state index in [9.17, 15) is 29.1 Å². The quantitative estimate of drug-likeness (QED) is 0.158. The third-order valence-electron chi connectivity index (χ3n) is 9.03. The number of fused-ring (bicyclic) bond motifs is 16. The van der Waals surface area contributed by atoms with Gasteiger partial charge in [-0.25, -0.2) is 0 Å². The molecule has 4 N–H and O–H groups in total. The number of thiophene rings is 2. The zero-order chi connectivity index (χ0) is 37.2. The zero-order valence-electron chi connectivity index (χ0n) is 28.7. The molecule has 272 valence electrons. The molecule has 2 aliphatic rings. The number of benzene rings is 3. The van der Waals surface area contributed by atoms with E-state index in [2.05, 4.69) is 16.0 Å². The molecule has 7 rings (SSSR count). The van der Waals surface area contributed by atoms with Crippen LogP contribution in [0, 0.1) is 5.92 Å². The summed E-state index contributed by atoms with van der Waals surface area (Å²) < 4.78 is 5.69. The number of carboxylic acid groups (broad SMARTS) is 1. The molecule has 53 heavy (non-hydrogen) atoms. The summed E-state index contributed by atoms with van der Waals surface area (Å²) in [6, 6.07) is 28.3. The van der Waals surface area contributed by atoms with Crippen molar-refractivity contribution in [3.05, 3.63) is 135 Å². The van der Waals surface area contributed by atoms with Crippen molar-refractivity contribution in [3.63, 3.8) is 0 Å². The molecular formula is C41H39N3O7S2. The molecule has 0 saturated carbocycles. The van der Waals surface area contributed by atoms with Crippen molar-refractivity contribution in [1.29, 1.82) is 0 Å². The fourth-order valence-electron chi connectivity index (χ4n) is 6.19. The second-order valence-corrected chi connectivity index (χ2v) is 15.0. The van der Waals surface area contributed by atoms with Crippen LogP contribution in [0.1, 0.15) is 27.3 Å². The van der Waals surface area contributed by atoms with Crippen LogP contribution in [-0.2, 0) is 49.7 Å². The highest BCUT2D eigenvalue weighted by atomic mass is 32.1. The van der Waals surface area contributed by atoms with Crippen molar-refractivity contribution >= 4 is 52.1 Å². The van der Waals surface area contributed by atoms with Gasteiger partial charge in [0.15, 0.2) is 12.4 Å². The number of carbonyl (C=O) groups excluding carboxylic acids is 4. The van der Waals surface area contributed by atoms with E-state index < -0.39 is 53.5 Å². The van der Waals surface area contributed by atoms with E-state index in [1.165, 1.54) is 22.7 Å². The van der Waals surface area contributed by atoms with Gasteiger partial charge in [-0.1, -0.05) is 78.9 Å². The van der Waals surface area contributed by atoms with E-state index in [4.69, 9.17) is 4.74 Å². The molecule has 3 amide bonds. The van der Waals surface area contributed by atoms with Crippen LogP contribution in [-0.4, -0.2) is 59.3 Å². The Kier molecular flexibility index (Phi) is 12.5. The van der Waals surface area contributed by atoms with Gasteiger partial charge in [-0.2, -0.15) is 0 Å². The van der Waals surface area contributed by atoms with Crippen LogP contribution in [0.15, 0.2) is 114 Å². The van der Waals surface area contributed by atoms with Crippen LogP contribution in [0.3, 0.4) is 0 Å². The molecule has 0 radical (unpaired) electrons. The van der Waals surface area contributed by atoms with Crippen LogP contribution in [0.2, 0.25) is 0 Å². The summed E-state index contributed by atoms with van der Waals surface area (Å²) in [5.41, 5.74) is 3.43. The highest BCUT2D eigenvalue weighted by Gasteiger charge is 2.32. The molecule has 0 unspecified atom stereocenters. The molecule has 0 spiro atoms. The number of carboxylic acids is 1. The molecule has 5 aromatic rings. The number of nitrogens with one attached hydrogen (secondary N) is 3. The summed E-state index contributed by atoms with van der Waals surface area (Å²) in [6.45, 7) is -0.373. The topological polar surface area (TPSA) is 151 Å². The Labute approximate surface area is 315 Å². The third kappa shape index (κ3) is 10.5. The van der Waals surface area contributed by atoms with Crippen molar-refractivity contribution in [3.8, 4) is 16.9 Å². The van der Waals surface area contributed by atoms with E-state index >= 15 is 0 Å². The van der Waals surface area contributed by atoms with Crippen LogP contribution in [0.5, 0.6) is 5.75 Å². The van der Waals surface area contributed by atoms with Gasteiger partial charge in [-0.05, 0) is 63.7 Å². The van der Waals surface area contributed by atoms with Crippen LogP contribution in [0.4, 0.5) is 0 Å². The van der Waals surface area contributed by atoms with E-state index in [0.29, 0.717) is 11.3 Å². The lowest BCUT2D eigenvalue weighted by Crippen LogP contribution is -2.57. The number of ether oxygens (including phenoxy) is 1. The highest BCUT2D eigenvalue weighted by Crippen LogP contribution is 2.22. The lowest BCUT2D eigenvalue weighted by Gasteiger charge is -2.26. The first-order chi connectivity index (χ1) is 25.7. The number of ketones is 1. The van der Waals surface area contributed by atoms with Crippen molar-refractivity contribution in [2.45, 2.75) is 50.2 Å². The Hall–Kier alpha value is -5.59. The average molecular weight is 750 g/mol. The van der Waals surface area contributed by atoms with Gasteiger partial charge < -0.3 is 25.8 Å². The molecule has 12 heteroatoms. The lowest BCUT2D eigenvalue weighted by atomic mass is 9.91. The van der Waals surface area contributed by atoms with Crippen molar-refractivity contribution in [2.24, 2.45) is 5.92 Å². The van der Waals surface area contributed by atoms with Gasteiger partial charge in [-0.15, -0.1) is 22.7 Å². The molecule has 2 aromatic heterocycles. The maximum Gasteiger partial charge on any atom is 0.307 e. The maximum atomic E-state index is 14.3. The van der Waals surface area contributed by atoms with Gasteiger partial charge in [0.2, 0.25) is 11.8 Å². The summed E-state index contributed by atoms with van der Waals surface area (Å²) in [6.07, 6.45) is 0.179. The molecule has 4 heterocycles. The van der Waals surface area contributed by atoms with E-state index in [-0.39, 0.29) is 38.7 Å². The lowest BCUT2D eigenvalue weighted by molar-refractivity contribution is -0.144. The SMILES string of the molecule is O=C1COc2ccc(cc2)C[C@@H](C(=O)O)CC(=O)[C@@H](Cc2cccs2)NC(=O)[C@H](Cc2ccc(-c3ccccc3)cc2)NC(=O)[C@@H](Cc2cccs2)N1. The Morgan fingerprint density at radius 1 is 0.642 bits per heavy atom. The smallest absolute Gasteiger partial charge is 0.307 e. The molecule has 4 atom stereocenters. The first-order valence-electron chi connectivity index (χ1n) is 17.3. The number of Topliss-reactive ketones (excluding diaryl/α,β-unsaturated/α-hetero) is 1. The first kappa shape index (κ1) is 37.2. The monoisotopic (exact) mass is 749 g/mol. The molecular weight excluding hydrogens is 711 g/mol. The van der Waals surface area contributed by atoms with Crippen molar-refractivity contribution < 1.29 is 33.8 Å². The number of carbonyl (C=O) groups is 5. The Morgan fingerprint density at radius 2 is 1.23 bits per heavy atom. The van der Waals surface area contributed by atoms with Crippen LogP contribution in [0.25, 0.3) is 11.1 Å². The number of hydrogen-bond donors (Lipinski definition) is 4. The summed E-state index contributed by atoms with van der Waals surface area (Å²) in [7, 11) is 0. The second kappa shape index (κ2) is 17.8. The molecule has 10 nitrogen and oxygen atoms in total. The van der Waals surface area contributed by atoms with Gasteiger partial charge in [-0.3, -0.25) is 24.0 Å². The molecule has 0 aliphatic carbocycles. The second-order valence-electron chi connectivity index (χ2n) is 12.9. The number of amides is 3. The Morgan fingerprint density at radius 3 is 1.83 bits per heavy atom. The summed E-state index contributed by atoms with van der Waals surface area (Å²) >= 11 is 2.86. The molecule has 3 aromatic carbocycles. The third-order valence-corrected chi connectivity index (χ3v) is 10.8. The Bertz CT molecular complexity index is 2000. The first-order valence-corrected chi connectivity index (χ1v) is 19.0. The van der Waals surface area contributed by atoms with E-state index in [1.54, 1.807) is 24.3 Å². The fraction of sp³-hybridized carbons (Fsp3) is 0.244. The summed E-state index contributed by atoms with van der Waals surface area (Å²) in [4.78, 5) is 69.5. The molecule has 0 fully saturated rings. The molecule has 2 bridgehead atoms. The maximum absolute atomic E-state index is 14.3. The van der Waals surface area contributed by atoms with Crippen molar-refractivity contribution in [2.75, 3.05) is 6.61 Å². The van der Waals surface area contributed by atoms with Gasteiger partial charge in [0.1, 0.15) is 17.8 Å². The summed E-state index contributed by atoms with van der Waals surface area (Å²) in [5, 5.41) is 22.4. The van der Waals surface area contributed by atoms with Crippen LogP contribution >= 0.6 is 22.7 Å². The predicted octanol–water partition coefficient (Wildman–Crippen LogP) is 5.25. The van der Waals surface area contributed by atoms with Gasteiger partial charge >= 0.3 is 5.97 Å². The normalized spacial score (nSPS) is 20.2. The minimum atomic E-state index is -1.14. The number of aliphatic carboxylic acids is 1. The van der Waals surface area contributed by atoms with Crippen LogP contribution < -0.4 is 20.7 Å². The summed E-state index contributed by atoms with van der Waals surface area (Å²) in [5.74, 6) is -3.96. The van der Waals surface area contributed by atoms with Gasteiger partial charge in [0, 0.05) is 35.4 Å². The van der Waals surface area contributed by atoms with Crippen molar-refractivity contribution in [1.82, 2.24) is 16.0 Å². The number of rotatable bonds is 8. The predicted molar refractivity (Wildman–Crippen MR) is 204 cm³/mol. The Balaban J connectivity index is 1.33. The minimum absolute atomic E-state index is 0.0730.